The zero-order valence-electron chi connectivity index (χ0n) is 43.2. The van der Waals surface area contributed by atoms with Gasteiger partial charge in [-0.25, -0.2) is 4.79 Å². The standard InChI is InChI=1S/C51H74N10O14/c1-27(2)22-34(55-43(66)32(52)23-30-14-9-7-10-15-30)45(68)56-36(25-40(64)65)47(70)54-33(19-20-39(53)63)44(67)59-41(28(3)4)50(73)61-21-13-18-38(61)49(72)57-35(24-31-16-11-8-12-17-31)46(69)58-37(26-62)48(71)60-42(29(5)6)51(74)75/h7-12,14-17,27-29,32-38,41-42,62H,13,18-26,52H2,1-6H3,(H2,53,63)(H,54,70)(H,55,66)(H,56,68)(H,57,72)(H,58,69)(H,59,67)(H,60,71)(H,64,65)(H,74,75)/t32-,33-,34-,35-,36-,37-,38-,41-,42-/m0/s1. The molecule has 412 valence electrons. The van der Waals surface area contributed by atoms with Crippen LogP contribution in [0.5, 0.6) is 0 Å². The number of carbonyl (C=O) groups is 11. The second-order valence-electron chi connectivity index (χ2n) is 19.7. The fourth-order valence-electron chi connectivity index (χ4n) is 8.24. The van der Waals surface area contributed by atoms with Gasteiger partial charge in [-0.15, -0.1) is 0 Å². The molecule has 1 heterocycles. The molecule has 2 aromatic rings. The molecule has 9 amide bonds. The summed E-state index contributed by atoms with van der Waals surface area (Å²) in [7, 11) is 0. The van der Waals surface area contributed by atoms with Crippen molar-refractivity contribution in [2.75, 3.05) is 13.2 Å². The lowest BCUT2D eigenvalue weighted by atomic mass is 10.00. The smallest absolute Gasteiger partial charge is 0.326 e. The number of rotatable bonds is 30. The highest BCUT2D eigenvalue weighted by Gasteiger charge is 2.41. The molecule has 1 aliphatic heterocycles. The van der Waals surface area contributed by atoms with E-state index in [0.29, 0.717) is 12.0 Å². The van der Waals surface area contributed by atoms with Gasteiger partial charge in [0.25, 0.3) is 0 Å². The number of primary amides is 1. The van der Waals surface area contributed by atoms with Crippen molar-refractivity contribution in [2.45, 2.75) is 147 Å². The van der Waals surface area contributed by atoms with Crippen LogP contribution >= 0.6 is 0 Å². The number of nitrogens with one attached hydrogen (secondary N) is 7. The predicted molar refractivity (Wildman–Crippen MR) is 271 cm³/mol. The van der Waals surface area contributed by atoms with Crippen molar-refractivity contribution in [1.29, 1.82) is 0 Å². The van der Waals surface area contributed by atoms with Gasteiger partial charge in [-0.3, -0.25) is 47.9 Å². The van der Waals surface area contributed by atoms with E-state index in [0.717, 1.165) is 5.56 Å². The molecule has 0 aromatic heterocycles. The van der Waals surface area contributed by atoms with Gasteiger partial charge in [0.2, 0.25) is 53.2 Å². The van der Waals surface area contributed by atoms with Crippen molar-refractivity contribution in [3.63, 3.8) is 0 Å². The van der Waals surface area contributed by atoms with Crippen LogP contribution in [0.1, 0.15) is 91.2 Å². The average Bonchev–Trinajstić information content (AvgIpc) is 3.85. The summed E-state index contributed by atoms with van der Waals surface area (Å²) in [6.45, 7) is 8.97. The summed E-state index contributed by atoms with van der Waals surface area (Å²) in [5.41, 5.74) is 12.9. The summed E-state index contributed by atoms with van der Waals surface area (Å²) >= 11 is 0. The number of aliphatic carboxylic acids is 2. The van der Waals surface area contributed by atoms with Crippen LogP contribution in [0.2, 0.25) is 0 Å². The van der Waals surface area contributed by atoms with Gasteiger partial charge < -0.3 is 68.9 Å². The van der Waals surface area contributed by atoms with Gasteiger partial charge in [0.05, 0.1) is 19.1 Å². The Labute approximate surface area is 435 Å². The van der Waals surface area contributed by atoms with Crippen LogP contribution in [-0.4, -0.2) is 153 Å². The van der Waals surface area contributed by atoms with E-state index in [-0.39, 0.29) is 38.1 Å². The first-order valence-corrected chi connectivity index (χ1v) is 24.9. The molecule has 0 unspecified atom stereocenters. The van der Waals surface area contributed by atoms with Crippen LogP contribution in [0.25, 0.3) is 0 Å². The summed E-state index contributed by atoms with van der Waals surface area (Å²) in [5.74, 6) is -12.3. The Morgan fingerprint density at radius 2 is 1.08 bits per heavy atom. The number of nitrogens with two attached hydrogens (primary N) is 2. The van der Waals surface area contributed by atoms with E-state index in [4.69, 9.17) is 11.5 Å². The first-order valence-electron chi connectivity index (χ1n) is 24.9. The Balaban J connectivity index is 1.83. The Bertz CT molecular complexity index is 2320. The molecular formula is C51H74N10O14. The number of hydrogen-bond donors (Lipinski definition) is 12. The summed E-state index contributed by atoms with van der Waals surface area (Å²) in [4.78, 5) is 147. The number of aliphatic hydroxyl groups excluding tert-OH is 1. The first kappa shape index (κ1) is 61.8. The predicted octanol–water partition coefficient (Wildman–Crippen LogP) is -1.64. The Hall–Kier alpha value is -7.47. The molecule has 1 fully saturated rings. The number of amides is 9. The zero-order chi connectivity index (χ0) is 56.1. The molecule has 0 radical (unpaired) electrons. The molecule has 2 aromatic carbocycles. The number of nitrogens with zero attached hydrogens (tertiary/aromatic N) is 1. The van der Waals surface area contributed by atoms with Gasteiger partial charge in [0.15, 0.2) is 0 Å². The van der Waals surface area contributed by atoms with E-state index in [1.165, 1.54) is 4.90 Å². The van der Waals surface area contributed by atoms with Gasteiger partial charge >= 0.3 is 11.9 Å². The summed E-state index contributed by atoms with van der Waals surface area (Å²) in [6.07, 6.45) is -1.32. The summed E-state index contributed by atoms with van der Waals surface area (Å²) < 4.78 is 0. The number of hydrogen-bond acceptors (Lipinski definition) is 13. The molecule has 3 rings (SSSR count). The van der Waals surface area contributed by atoms with Crippen molar-refractivity contribution in [3.05, 3.63) is 71.8 Å². The molecule has 0 aliphatic carbocycles. The molecule has 0 saturated carbocycles. The van der Waals surface area contributed by atoms with Crippen molar-refractivity contribution in [1.82, 2.24) is 42.1 Å². The van der Waals surface area contributed by atoms with Gasteiger partial charge in [-0.1, -0.05) is 102 Å². The van der Waals surface area contributed by atoms with E-state index in [2.05, 4.69) is 37.2 Å². The minimum absolute atomic E-state index is 0.0362. The van der Waals surface area contributed by atoms with Crippen LogP contribution in [0, 0.1) is 17.8 Å². The quantitative estimate of drug-likeness (QED) is 0.0418. The van der Waals surface area contributed by atoms with Gasteiger partial charge in [0.1, 0.15) is 48.3 Å². The summed E-state index contributed by atoms with van der Waals surface area (Å²) in [6, 6.07) is 4.73. The second kappa shape index (κ2) is 30.0. The molecular weight excluding hydrogens is 977 g/mol. The number of benzene rings is 2. The highest BCUT2D eigenvalue weighted by Crippen LogP contribution is 2.22. The highest BCUT2D eigenvalue weighted by atomic mass is 16.4. The van der Waals surface area contributed by atoms with E-state index in [1.807, 2.05) is 0 Å². The molecule has 75 heavy (non-hydrogen) atoms. The molecule has 1 aliphatic rings. The Morgan fingerprint density at radius 3 is 1.60 bits per heavy atom. The monoisotopic (exact) mass is 1050 g/mol. The third-order valence-electron chi connectivity index (χ3n) is 12.3. The minimum Gasteiger partial charge on any atom is -0.481 e. The maximum absolute atomic E-state index is 14.4. The normalized spacial score (nSPS) is 16.5. The molecule has 0 spiro atoms. The maximum Gasteiger partial charge on any atom is 0.326 e. The summed E-state index contributed by atoms with van der Waals surface area (Å²) in [5, 5.41) is 46.7. The van der Waals surface area contributed by atoms with Crippen molar-refractivity contribution in [2.24, 2.45) is 29.2 Å². The van der Waals surface area contributed by atoms with Crippen LogP contribution in [-0.2, 0) is 65.6 Å². The number of carbonyl (C=O) groups excluding carboxylic acids is 9. The molecule has 24 heteroatoms. The fraction of sp³-hybridized carbons (Fsp3) is 0.549. The first-order chi connectivity index (χ1) is 35.3. The molecule has 1 saturated heterocycles. The lowest BCUT2D eigenvalue weighted by Crippen LogP contribution is -2.61. The molecule has 9 atom stereocenters. The SMILES string of the molecule is CC(C)C[C@H](NC(=O)[C@@H](N)Cc1ccccc1)C(=O)N[C@@H](CC(=O)O)C(=O)N[C@@H](CCC(N)=O)C(=O)N[C@H](C(=O)N1CCC[C@H]1C(=O)N[C@@H](Cc1ccccc1)C(=O)N[C@@H](CO)C(=O)N[C@H](C(=O)O)C(C)C)C(C)C. The fourth-order valence-corrected chi connectivity index (χ4v) is 8.24. The van der Waals surface area contributed by atoms with Gasteiger partial charge in [-0.2, -0.15) is 0 Å². The van der Waals surface area contributed by atoms with Crippen molar-refractivity contribution >= 4 is 65.1 Å². The lowest BCUT2D eigenvalue weighted by molar-refractivity contribution is -0.144. The average molecular weight is 1050 g/mol. The van der Waals surface area contributed by atoms with Crippen molar-refractivity contribution < 1.29 is 68.1 Å². The van der Waals surface area contributed by atoms with Crippen LogP contribution in [0.3, 0.4) is 0 Å². The molecule has 0 bridgehead atoms. The number of carboxylic acid groups (broad SMARTS) is 2. The lowest BCUT2D eigenvalue weighted by Gasteiger charge is -2.32. The third-order valence-corrected chi connectivity index (χ3v) is 12.3. The maximum atomic E-state index is 14.4. The number of likely N-dealkylation sites (tertiary alicyclic amines) is 1. The third kappa shape index (κ3) is 20.1. The van der Waals surface area contributed by atoms with Gasteiger partial charge in [0, 0.05) is 19.4 Å². The van der Waals surface area contributed by atoms with Crippen LogP contribution in [0.15, 0.2) is 60.7 Å². The molecule has 14 N–H and O–H groups in total. The van der Waals surface area contributed by atoms with E-state index < -0.39 is 157 Å². The number of carboxylic acids is 2. The topological polar surface area (TPSA) is 388 Å². The van der Waals surface area contributed by atoms with E-state index in [9.17, 15) is 68.1 Å². The second-order valence-corrected chi connectivity index (χ2v) is 19.7. The Kier molecular flexibility index (Phi) is 24.8. The zero-order valence-corrected chi connectivity index (χ0v) is 43.2. The Morgan fingerprint density at radius 1 is 0.600 bits per heavy atom. The largest absolute Gasteiger partial charge is 0.481 e. The van der Waals surface area contributed by atoms with Crippen molar-refractivity contribution in [3.8, 4) is 0 Å². The number of aliphatic hydroxyl groups is 1. The minimum atomic E-state index is -1.82. The highest BCUT2D eigenvalue weighted by molar-refractivity contribution is 5.99. The van der Waals surface area contributed by atoms with E-state index in [1.54, 1.807) is 102 Å². The van der Waals surface area contributed by atoms with Crippen LogP contribution in [0.4, 0.5) is 0 Å². The van der Waals surface area contributed by atoms with Crippen LogP contribution < -0.4 is 48.7 Å². The van der Waals surface area contributed by atoms with E-state index >= 15 is 0 Å². The molecule has 24 nitrogen and oxygen atoms in total. The van der Waals surface area contributed by atoms with Gasteiger partial charge in [-0.05, 0) is 61.0 Å².